The van der Waals surface area contributed by atoms with Crippen LogP contribution in [0.2, 0.25) is 0 Å². The lowest BCUT2D eigenvalue weighted by molar-refractivity contribution is -0.115. The third-order valence-electron chi connectivity index (χ3n) is 4.69. The number of aliphatic hydroxyl groups is 1. The third-order valence-corrected chi connectivity index (χ3v) is 4.69. The highest BCUT2D eigenvalue weighted by Crippen LogP contribution is 2.41. The van der Waals surface area contributed by atoms with E-state index in [9.17, 15) is 19.5 Å². The SMILES string of the molecule is CCC(=O)Nc1cc(C)c(C)cc1C1(O)C(=O)c2ccccc2C1=O. The Labute approximate surface area is 145 Å². The van der Waals surface area contributed by atoms with Gasteiger partial charge in [-0.15, -0.1) is 0 Å². The van der Waals surface area contributed by atoms with Gasteiger partial charge in [-0.3, -0.25) is 14.4 Å². The zero-order valence-electron chi connectivity index (χ0n) is 14.3. The number of rotatable bonds is 3. The predicted molar refractivity (Wildman–Crippen MR) is 93.8 cm³/mol. The van der Waals surface area contributed by atoms with E-state index in [-0.39, 0.29) is 34.7 Å². The number of hydrogen-bond acceptors (Lipinski definition) is 4. The summed E-state index contributed by atoms with van der Waals surface area (Å²) in [6.45, 7) is 5.38. The quantitative estimate of drug-likeness (QED) is 0.844. The lowest BCUT2D eigenvalue weighted by Gasteiger charge is -2.24. The molecule has 25 heavy (non-hydrogen) atoms. The lowest BCUT2D eigenvalue weighted by atomic mass is 9.85. The number of ketones is 2. The number of nitrogens with one attached hydrogen (secondary N) is 1. The number of Topliss-reactive ketones (excluding diaryl/α,β-unsaturated/α-hetero) is 2. The molecule has 0 saturated heterocycles. The monoisotopic (exact) mass is 337 g/mol. The molecule has 1 amide bonds. The normalized spacial score (nSPS) is 15.2. The summed E-state index contributed by atoms with van der Waals surface area (Å²) in [6, 6.07) is 9.63. The van der Waals surface area contributed by atoms with Crippen molar-refractivity contribution in [3.63, 3.8) is 0 Å². The second-order valence-electron chi connectivity index (χ2n) is 6.30. The van der Waals surface area contributed by atoms with Crippen molar-refractivity contribution in [3.8, 4) is 0 Å². The van der Waals surface area contributed by atoms with Gasteiger partial charge in [-0.2, -0.15) is 0 Å². The molecule has 0 atom stereocenters. The number of benzene rings is 2. The molecule has 1 aliphatic carbocycles. The van der Waals surface area contributed by atoms with Gasteiger partial charge in [-0.1, -0.05) is 31.2 Å². The molecule has 5 heteroatoms. The Hall–Kier alpha value is -2.79. The summed E-state index contributed by atoms with van der Waals surface area (Å²) in [7, 11) is 0. The minimum absolute atomic E-state index is 0.114. The molecule has 0 saturated carbocycles. The summed E-state index contributed by atoms with van der Waals surface area (Å²) in [5, 5.41) is 13.8. The van der Waals surface area contributed by atoms with Crippen molar-refractivity contribution in [3.05, 3.63) is 64.2 Å². The van der Waals surface area contributed by atoms with Crippen molar-refractivity contribution in [1.82, 2.24) is 0 Å². The Balaban J connectivity index is 2.22. The molecule has 2 N–H and O–H groups in total. The van der Waals surface area contributed by atoms with Crippen LogP contribution >= 0.6 is 0 Å². The molecular formula is C20H19NO4. The van der Waals surface area contributed by atoms with Gasteiger partial charge in [0, 0.05) is 28.8 Å². The van der Waals surface area contributed by atoms with E-state index >= 15 is 0 Å². The van der Waals surface area contributed by atoms with Gasteiger partial charge in [0.1, 0.15) is 0 Å². The van der Waals surface area contributed by atoms with Gasteiger partial charge < -0.3 is 10.4 Å². The summed E-state index contributed by atoms with van der Waals surface area (Å²) in [6.07, 6.45) is 0.243. The van der Waals surface area contributed by atoms with E-state index in [2.05, 4.69) is 5.32 Å². The topological polar surface area (TPSA) is 83.5 Å². The molecular weight excluding hydrogens is 318 g/mol. The molecule has 5 nitrogen and oxygen atoms in total. The van der Waals surface area contributed by atoms with E-state index in [1.165, 1.54) is 12.1 Å². The molecule has 2 aromatic rings. The van der Waals surface area contributed by atoms with Gasteiger partial charge in [-0.05, 0) is 37.1 Å². The number of carbonyl (C=O) groups is 3. The average Bonchev–Trinajstić information content (AvgIpc) is 2.80. The number of amides is 1. The van der Waals surface area contributed by atoms with Crippen LogP contribution in [0.3, 0.4) is 0 Å². The van der Waals surface area contributed by atoms with Crippen molar-refractivity contribution in [2.75, 3.05) is 5.32 Å². The number of hydrogen-bond donors (Lipinski definition) is 2. The number of fused-ring (bicyclic) bond motifs is 1. The van der Waals surface area contributed by atoms with Gasteiger partial charge in [0.05, 0.1) is 0 Å². The molecule has 0 radical (unpaired) electrons. The van der Waals surface area contributed by atoms with E-state index in [1.54, 1.807) is 31.2 Å². The molecule has 0 aromatic heterocycles. The maximum absolute atomic E-state index is 12.8. The first-order chi connectivity index (χ1) is 11.8. The van der Waals surface area contributed by atoms with Gasteiger partial charge in [0.25, 0.3) is 0 Å². The Bertz CT molecular complexity index is 879. The Morgan fingerprint density at radius 1 is 1.04 bits per heavy atom. The van der Waals surface area contributed by atoms with Gasteiger partial charge in [0.2, 0.25) is 23.1 Å². The summed E-state index contributed by atoms with van der Waals surface area (Å²) in [5.74, 6) is -1.59. The van der Waals surface area contributed by atoms with E-state index in [4.69, 9.17) is 0 Å². The van der Waals surface area contributed by atoms with Gasteiger partial charge in [0.15, 0.2) is 0 Å². The summed E-state index contributed by atoms with van der Waals surface area (Å²) < 4.78 is 0. The number of aryl methyl sites for hydroxylation is 2. The van der Waals surface area contributed by atoms with Crippen molar-refractivity contribution in [1.29, 1.82) is 0 Å². The van der Waals surface area contributed by atoms with Crippen molar-refractivity contribution < 1.29 is 19.5 Å². The number of carbonyl (C=O) groups excluding carboxylic acids is 3. The lowest BCUT2D eigenvalue weighted by Crippen LogP contribution is -2.39. The maximum Gasteiger partial charge on any atom is 0.224 e. The third kappa shape index (κ3) is 2.48. The fourth-order valence-electron chi connectivity index (χ4n) is 3.07. The summed E-state index contributed by atoms with van der Waals surface area (Å²) >= 11 is 0. The van der Waals surface area contributed by atoms with E-state index in [1.807, 2.05) is 13.8 Å². The van der Waals surface area contributed by atoms with Crippen LogP contribution in [0.4, 0.5) is 5.69 Å². The molecule has 128 valence electrons. The smallest absolute Gasteiger partial charge is 0.224 e. The zero-order valence-corrected chi connectivity index (χ0v) is 14.3. The standard InChI is InChI=1S/C20H19NO4/c1-4-17(22)21-16-10-12(3)11(2)9-15(16)20(25)18(23)13-7-5-6-8-14(13)19(20)24/h5-10,25H,4H2,1-3H3,(H,21,22). The molecule has 0 fully saturated rings. The minimum atomic E-state index is -2.32. The van der Waals surface area contributed by atoms with Crippen LogP contribution in [0.5, 0.6) is 0 Å². The van der Waals surface area contributed by atoms with Crippen LogP contribution in [0.15, 0.2) is 36.4 Å². The predicted octanol–water partition coefficient (Wildman–Crippen LogP) is 2.92. The van der Waals surface area contributed by atoms with E-state index in [0.29, 0.717) is 0 Å². The zero-order chi connectivity index (χ0) is 18.4. The van der Waals surface area contributed by atoms with E-state index < -0.39 is 17.2 Å². The van der Waals surface area contributed by atoms with Crippen LogP contribution in [-0.4, -0.2) is 22.6 Å². The molecule has 2 aromatic carbocycles. The largest absolute Gasteiger partial charge is 0.370 e. The van der Waals surface area contributed by atoms with Gasteiger partial charge >= 0.3 is 0 Å². The molecule has 0 spiro atoms. The molecule has 0 aliphatic heterocycles. The van der Waals surface area contributed by atoms with Crippen LogP contribution < -0.4 is 5.32 Å². The first kappa shape index (κ1) is 17.0. The molecule has 0 heterocycles. The Morgan fingerprint density at radius 2 is 1.56 bits per heavy atom. The van der Waals surface area contributed by atoms with Crippen molar-refractivity contribution >= 4 is 23.2 Å². The highest BCUT2D eigenvalue weighted by Gasteiger charge is 2.54. The Morgan fingerprint density at radius 3 is 2.08 bits per heavy atom. The second kappa shape index (κ2) is 5.93. The highest BCUT2D eigenvalue weighted by atomic mass is 16.3. The van der Waals surface area contributed by atoms with Crippen LogP contribution in [0.1, 0.15) is 50.8 Å². The van der Waals surface area contributed by atoms with Crippen LogP contribution in [0, 0.1) is 13.8 Å². The van der Waals surface area contributed by atoms with Crippen LogP contribution in [-0.2, 0) is 10.4 Å². The molecule has 1 aliphatic rings. The second-order valence-corrected chi connectivity index (χ2v) is 6.30. The fourth-order valence-corrected chi connectivity index (χ4v) is 3.07. The highest BCUT2D eigenvalue weighted by molar-refractivity contribution is 6.32. The first-order valence-electron chi connectivity index (χ1n) is 8.13. The van der Waals surface area contributed by atoms with E-state index in [0.717, 1.165) is 11.1 Å². The van der Waals surface area contributed by atoms with Crippen molar-refractivity contribution in [2.45, 2.75) is 32.8 Å². The van der Waals surface area contributed by atoms with Crippen molar-refractivity contribution in [2.24, 2.45) is 0 Å². The van der Waals surface area contributed by atoms with Gasteiger partial charge in [-0.25, -0.2) is 0 Å². The van der Waals surface area contributed by atoms with Crippen LogP contribution in [0.25, 0.3) is 0 Å². The minimum Gasteiger partial charge on any atom is -0.370 e. The number of anilines is 1. The molecule has 3 rings (SSSR count). The summed E-state index contributed by atoms with van der Waals surface area (Å²) in [4.78, 5) is 37.6. The first-order valence-corrected chi connectivity index (χ1v) is 8.13. The maximum atomic E-state index is 12.8. The average molecular weight is 337 g/mol. The molecule has 0 bridgehead atoms. The molecule has 0 unspecified atom stereocenters. The Kier molecular flexibility index (Phi) is 4.05. The summed E-state index contributed by atoms with van der Waals surface area (Å²) in [5.41, 5.74) is 0.166. The fraction of sp³-hybridized carbons (Fsp3) is 0.250.